The van der Waals surface area contributed by atoms with Crippen molar-refractivity contribution in [2.45, 2.75) is 19.6 Å². The molecule has 0 aliphatic heterocycles. The molecule has 0 bridgehead atoms. The Bertz CT molecular complexity index is 225. The Morgan fingerprint density at radius 2 is 1.57 bits per heavy atom. The molecule has 0 aromatic rings. The van der Waals surface area contributed by atoms with Crippen molar-refractivity contribution in [1.82, 2.24) is 8.88 Å². The van der Waals surface area contributed by atoms with E-state index in [1.807, 2.05) is 17.6 Å². The lowest BCUT2D eigenvalue weighted by atomic mass is 11.1. The van der Waals surface area contributed by atoms with Gasteiger partial charge < -0.3 is 8.88 Å². The molecule has 0 fully saturated rings. The molecular formula is C9H19N2Si3. The number of rotatable bonds is 6. The highest BCUT2D eigenvalue weighted by Crippen LogP contribution is 2.19. The number of nitrogens with zero attached hydrogens (tertiary/aromatic N) is 1. The third kappa shape index (κ3) is 2.57. The van der Waals surface area contributed by atoms with Gasteiger partial charge in [0.25, 0.3) is 8.40 Å². The van der Waals surface area contributed by atoms with Crippen LogP contribution in [0.25, 0.3) is 0 Å². The molecule has 2 nitrogen and oxygen atoms in total. The largest absolute Gasteiger partial charge is 0.413 e. The van der Waals surface area contributed by atoms with E-state index in [9.17, 15) is 0 Å². The van der Waals surface area contributed by atoms with Crippen molar-refractivity contribution in [3.63, 3.8) is 0 Å². The summed E-state index contributed by atoms with van der Waals surface area (Å²) < 4.78 is 5.48. The first-order valence-electron chi connectivity index (χ1n) is 4.51. The standard InChI is InChI=1S/C9H19N2Si3/c1-7-11(13(4,5)6)14(8-2,9-3)10-12/h7-10H,1-3H2,4-6H3. The maximum Gasteiger partial charge on any atom is 0.267 e. The summed E-state index contributed by atoms with van der Waals surface area (Å²) >= 11 is 0. The van der Waals surface area contributed by atoms with Gasteiger partial charge in [-0.25, -0.2) is 0 Å². The number of hydrogen-bond acceptors (Lipinski definition) is 2. The zero-order valence-electron chi connectivity index (χ0n) is 9.30. The highest BCUT2D eigenvalue weighted by Gasteiger charge is 2.37. The number of nitrogens with one attached hydrogen (secondary N) is 1. The third-order valence-electron chi connectivity index (χ3n) is 2.13. The molecule has 0 atom stereocenters. The van der Waals surface area contributed by atoms with Crippen LogP contribution < -0.4 is 4.65 Å². The summed E-state index contributed by atoms with van der Waals surface area (Å²) in [6.07, 6.45) is 1.90. The van der Waals surface area contributed by atoms with E-state index in [4.69, 9.17) is 0 Å². The smallest absolute Gasteiger partial charge is 0.267 e. The lowest BCUT2D eigenvalue weighted by Gasteiger charge is -2.44. The summed E-state index contributed by atoms with van der Waals surface area (Å²) in [7, 11) is -0.0781. The van der Waals surface area contributed by atoms with Gasteiger partial charge in [0.1, 0.15) is 18.6 Å². The minimum atomic E-state index is -2.01. The van der Waals surface area contributed by atoms with Crippen LogP contribution in [0.5, 0.6) is 0 Å². The van der Waals surface area contributed by atoms with Gasteiger partial charge in [0.2, 0.25) is 0 Å². The van der Waals surface area contributed by atoms with Gasteiger partial charge in [0.05, 0.1) is 0 Å². The lowest BCUT2D eigenvalue weighted by molar-refractivity contribution is 0.830. The molecule has 14 heavy (non-hydrogen) atoms. The van der Waals surface area contributed by atoms with E-state index in [1.165, 1.54) is 0 Å². The summed E-state index contributed by atoms with van der Waals surface area (Å²) in [5, 5.41) is 0. The third-order valence-corrected chi connectivity index (χ3v) is 10.7. The predicted molar refractivity (Wildman–Crippen MR) is 70.4 cm³/mol. The first kappa shape index (κ1) is 13.6. The second kappa shape index (κ2) is 4.92. The Labute approximate surface area is 93.2 Å². The van der Waals surface area contributed by atoms with E-state index in [-0.39, 0.29) is 0 Å². The Kier molecular flexibility index (Phi) is 4.79. The van der Waals surface area contributed by atoms with Crippen molar-refractivity contribution in [2.75, 3.05) is 0 Å². The summed E-state index contributed by atoms with van der Waals surface area (Å²) in [6.45, 7) is 18.5. The van der Waals surface area contributed by atoms with Crippen molar-refractivity contribution in [3.8, 4) is 0 Å². The minimum Gasteiger partial charge on any atom is -0.413 e. The van der Waals surface area contributed by atoms with Gasteiger partial charge in [-0.2, -0.15) is 0 Å². The van der Waals surface area contributed by atoms with E-state index in [0.29, 0.717) is 0 Å². The molecule has 77 valence electrons. The fraction of sp³-hybridized carbons (Fsp3) is 0.333. The zero-order chi connectivity index (χ0) is 11.4. The van der Waals surface area contributed by atoms with Crippen LogP contribution in [0.2, 0.25) is 19.6 Å². The summed E-state index contributed by atoms with van der Waals surface area (Å²) in [6, 6.07) is 0. The maximum absolute atomic E-state index is 3.89. The lowest BCUT2D eigenvalue weighted by Crippen LogP contribution is -2.66. The van der Waals surface area contributed by atoms with E-state index < -0.39 is 16.6 Å². The van der Waals surface area contributed by atoms with E-state index >= 15 is 0 Å². The van der Waals surface area contributed by atoms with Crippen molar-refractivity contribution in [1.29, 1.82) is 0 Å². The van der Waals surface area contributed by atoms with Gasteiger partial charge in [0.15, 0.2) is 0 Å². The minimum absolute atomic E-state index is 1.44. The summed E-state index contributed by atoms with van der Waals surface area (Å²) in [5.74, 6) is 0. The van der Waals surface area contributed by atoms with Gasteiger partial charge >= 0.3 is 0 Å². The second-order valence-electron chi connectivity index (χ2n) is 4.08. The Hall–Kier alpha value is -0.369. The van der Waals surface area contributed by atoms with Crippen LogP contribution in [0.4, 0.5) is 0 Å². The maximum atomic E-state index is 3.89. The van der Waals surface area contributed by atoms with Gasteiger partial charge in [0, 0.05) is 0 Å². The highest BCUT2D eigenvalue weighted by molar-refractivity contribution is 6.97. The molecule has 0 unspecified atom stereocenters. The SMILES string of the molecule is C=CN([Si](C)(C)C)[Si](C=C)(C=C)N[Si]. The van der Waals surface area contributed by atoms with Crippen molar-refractivity contribution in [2.24, 2.45) is 0 Å². The van der Waals surface area contributed by atoms with E-state index in [2.05, 4.69) is 58.7 Å². The number of hydrogen-bond donors (Lipinski definition) is 1. The summed E-state index contributed by atoms with van der Waals surface area (Å²) in [5.41, 5.74) is 3.90. The van der Waals surface area contributed by atoms with Gasteiger partial charge in [-0.05, 0) is 6.20 Å². The van der Waals surface area contributed by atoms with Crippen LogP contribution in [0.3, 0.4) is 0 Å². The molecule has 1 N–H and O–H groups in total. The van der Waals surface area contributed by atoms with Crippen LogP contribution in [0.1, 0.15) is 0 Å². The molecular weight excluding hydrogens is 220 g/mol. The van der Waals surface area contributed by atoms with Gasteiger partial charge in [-0.3, -0.25) is 0 Å². The molecule has 0 spiro atoms. The van der Waals surface area contributed by atoms with Crippen LogP contribution in [0, 0.1) is 0 Å². The Balaban J connectivity index is 5.25. The molecule has 0 rings (SSSR count). The molecule has 0 saturated carbocycles. The van der Waals surface area contributed by atoms with Crippen molar-refractivity contribution < 1.29 is 0 Å². The highest BCUT2D eigenvalue weighted by atomic mass is 28.4. The molecule has 3 radical (unpaired) electrons. The van der Waals surface area contributed by atoms with Crippen LogP contribution in [-0.4, -0.2) is 31.3 Å². The molecule has 0 aromatic carbocycles. The first-order chi connectivity index (χ1) is 6.37. The van der Waals surface area contributed by atoms with Crippen molar-refractivity contribution >= 4 is 27.0 Å². The molecule has 0 amide bonds. The molecule has 0 heterocycles. The Morgan fingerprint density at radius 3 is 1.64 bits per heavy atom. The topological polar surface area (TPSA) is 15.3 Å². The normalized spacial score (nSPS) is 12.0. The zero-order valence-corrected chi connectivity index (χ0v) is 12.3. The average molecular weight is 240 g/mol. The monoisotopic (exact) mass is 239 g/mol. The van der Waals surface area contributed by atoms with Crippen LogP contribution in [-0.2, 0) is 0 Å². The van der Waals surface area contributed by atoms with Crippen LogP contribution in [0.15, 0.2) is 37.3 Å². The van der Waals surface area contributed by atoms with Crippen molar-refractivity contribution in [3.05, 3.63) is 37.3 Å². The Morgan fingerprint density at radius 1 is 1.14 bits per heavy atom. The molecule has 0 aliphatic carbocycles. The fourth-order valence-electron chi connectivity index (χ4n) is 1.42. The van der Waals surface area contributed by atoms with Gasteiger partial charge in [-0.1, -0.05) is 37.6 Å². The predicted octanol–water partition coefficient (Wildman–Crippen LogP) is 1.83. The average Bonchev–Trinajstić information content (AvgIpc) is 2.12. The van der Waals surface area contributed by atoms with E-state index in [0.717, 1.165) is 0 Å². The van der Waals surface area contributed by atoms with E-state index in [1.54, 1.807) is 0 Å². The quantitative estimate of drug-likeness (QED) is 0.712. The molecule has 0 saturated heterocycles. The second-order valence-corrected chi connectivity index (χ2v) is 13.3. The molecule has 5 heteroatoms. The van der Waals surface area contributed by atoms with Gasteiger partial charge in [-0.15, -0.1) is 13.2 Å². The summed E-state index contributed by atoms with van der Waals surface area (Å²) in [4.78, 5) is 0. The molecule has 0 aromatic heterocycles. The molecule has 0 aliphatic rings. The van der Waals surface area contributed by atoms with Crippen LogP contribution >= 0.6 is 0 Å². The first-order valence-corrected chi connectivity index (χ1v) is 10.6. The fourth-order valence-corrected chi connectivity index (χ4v) is 9.62.